The number of aromatic amines is 1. The molecule has 1 aromatic heterocycles. The number of hydrogen-bond donors (Lipinski definition) is 2. The lowest BCUT2D eigenvalue weighted by Gasteiger charge is -2.10. The van der Waals surface area contributed by atoms with Crippen molar-refractivity contribution in [2.45, 2.75) is 6.54 Å². The maximum Gasteiger partial charge on any atom is 0.331 e. The molecule has 2 rings (SSSR count). The molecule has 0 aliphatic rings. The van der Waals surface area contributed by atoms with E-state index in [4.69, 9.17) is 0 Å². The number of hydrogen-bond acceptors (Lipinski definition) is 4. The fourth-order valence-electron chi connectivity index (χ4n) is 1.81. The van der Waals surface area contributed by atoms with Crippen LogP contribution in [-0.4, -0.2) is 26.7 Å². The molecule has 2 aromatic rings. The minimum Gasteiger partial charge on any atom is -0.494 e. The average Bonchev–Trinajstić information content (AvgIpc) is 2.39. The zero-order chi connectivity index (χ0) is 13.8. The second-order valence-corrected chi connectivity index (χ2v) is 4.95. The molecule has 1 aromatic carbocycles. The summed E-state index contributed by atoms with van der Waals surface area (Å²) in [7, 11) is 0. The molecular formula is C13H14N2O3S. The molecule has 1 heterocycles. The first-order valence-electron chi connectivity index (χ1n) is 5.75. The average molecular weight is 278 g/mol. The van der Waals surface area contributed by atoms with Crippen LogP contribution in [0.15, 0.2) is 39.9 Å². The van der Waals surface area contributed by atoms with E-state index in [0.717, 1.165) is 0 Å². The van der Waals surface area contributed by atoms with Crippen LogP contribution < -0.4 is 11.2 Å². The number of nitrogens with one attached hydrogen (secondary N) is 1. The van der Waals surface area contributed by atoms with Gasteiger partial charge in [-0.2, -0.15) is 11.8 Å². The molecule has 0 aliphatic heterocycles. The molecule has 0 saturated heterocycles. The van der Waals surface area contributed by atoms with Crippen molar-refractivity contribution in [3.8, 4) is 17.0 Å². The quantitative estimate of drug-likeness (QED) is 0.883. The van der Waals surface area contributed by atoms with E-state index >= 15 is 0 Å². The summed E-state index contributed by atoms with van der Waals surface area (Å²) in [5.74, 6) is 0.391. The molecule has 6 heteroatoms. The van der Waals surface area contributed by atoms with E-state index in [2.05, 4.69) is 4.98 Å². The second-order valence-electron chi connectivity index (χ2n) is 3.97. The Morgan fingerprint density at radius 1 is 1.26 bits per heavy atom. The van der Waals surface area contributed by atoms with Gasteiger partial charge in [0.15, 0.2) is 0 Å². The molecule has 0 unspecified atom stereocenters. The van der Waals surface area contributed by atoms with Gasteiger partial charge in [-0.25, -0.2) is 4.79 Å². The van der Waals surface area contributed by atoms with Gasteiger partial charge in [-0.05, 0) is 11.8 Å². The SMILES string of the molecule is CSCCn1c(O)c(-c2ccccc2)c(=O)[nH]c1=O. The van der Waals surface area contributed by atoms with Gasteiger partial charge in [-0.1, -0.05) is 30.3 Å². The van der Waals surface area contributed by atoms with Crippen molar-refractivity contribution in [3.05, 3.63) is 51.2 Å². The Kier molecular flexibility index (Phi) is 4.11. The molecule has 5 nitrogen and oxygen atoms in total. The topological polar surface area (TPSA) is 75.1 Å². The van der Waals surface area contributed by atoms with Crippen LogP contribution in [0.3, 0.4) is 0 Å². The van der Waals surface area contributed by atoms with Crippen LogP contribution in [0.25, 0.3) is 11.1 Å². The Morgan fingerprint density at radius 3 is 2.58 bits per heavy atom. The van der Waals surface area contributed by atoms with Crippen molar-refractivity contribution in [1.82, 2.24) is 9.55 Å². The standard InChI is InChI=1S/C13H14N2O3S/c1-19-8-7-15-12(17)10(11(16)14-13(15)18)9-5-3-2-4-6-9/h2-6,17H,7-8H2,1H3,(H,14,16,18). The highest BCUT2D eigenvalue weighted by Crippen LogP contribution is 2.23. The third kappa shape index (κ3) is 2.73. The number of H-pyrrole nitrogens is 1. The van der Waals surface area contributed by atoms with Crippen LogP contribution in [0.5, 0.6) is 5.88 Å². The highest BCUT2D eigenvalue weighted by Gasteiger charge is 2.15. The Bertz CT molecular complexity index is 677. The van der Waals surface area contributed by atoms with Crippen LogP contribution in [0.2, 0.25) is 0 Å². The van der Waals surface area contributed by atoms with Gasteiger partial charge >= 0.3 is 5.69 Å². The van der Waals surface area contributed by atoms with Crippen LogP contribution in [0, 0.1) is 0 Å². The third-order valence-electron chi connectivity index (χ3n) is 2.75. The smallest absolute Gasteiger partial charge is 0.331 e. The predicted octanol–water partition coefficient (Wildman–Crippen LogP) is 1.27. The molecule has 0 amide bonds. The van der Waals surface area contributed by atoms with Gasteiger partial charge < -0.3 is 5.11 Å². The molecular weight excluding hydrogens is 264 g/mol. The van der Waals surface area contributed by atoms with E-state index in [0.29, 0.717) is 17.9 Å². The lowest BCUT2D eigenvalue weighted by Crippen LogP contribution is -2.31. The Morgan fingerprint density at radius 2 is 1.95 bits per heavy atom. The molecule has 19 heavy (non-hydrogen) atoms. The highest BCUT2D eigenvalue weighted by atomic mass is 32.2. The summed E-state index contributed by atoms with van der Waals surface area (Å²) in [4.78, 5) is 25.8. The van der Waals surface area contributed by atoms with E-state index in [1.54, 1.807) is 36.0 Å². The normalized spacial score (nSPS) is 10.6. The maximum absolute atomic E-state index is 11.9. The summed E-state index contributed by atoms with van der Waals surface area (Å²) < 4.78 is 1.18. The van der Waals surface area contributed by atoms with E-state index in [-0.39, 0.29) is 11.4 Å². The zero-order valence-corrected chi connectivity index (χ0v) is 11.2. The second kappa shape index (κ2) is 5.79. The van der Waals surface area contributed by atoms with Crippen molar-refractivity contribution in [2.75, 3.05) is 12.0 Å². The van der Waals surface area contributed by atoms with Crippen LogP contribution in [0.1, 0.15) is 0 Å². The number of nitrogens with zero attached hydrogens (tertiary/aromatic N) is 1. The van der Waals surface area contributed by atoms with Crippen molar-refractivity contribution >= 4 is 11.8 Å². The lowest BCUT2D eigenvalue weighted by molar-refractivity contribution is 0.409. The zero-order valence-electron chi connectivity index (χ0n) is 10.4. The molecule has 0 radical (unpaired) electrons. The van der Waals surface area contributed by atoms with E-state index in [1.807, 2.05) is 12.3 Å². The lowest BCUT2D eigenvalue weighted by atomic mass is 10.1. The molecule has 2 N–H and O–H groups in total. The van der Waals surface area contributed by atoms with Crippen molar-refractivity contribution in [1.29, 1.82) is 0 Å². The minimum atomic E-state index is -0.587. The molecule has 0 atom stereocenters. The van der Waals surface area contributed by atoms with Crippen LogP contribution >= 0.6 is 11.8 Å². The number of benzene rings is 1. The van der Waals surface area contributed by atoms with Crippen LogP contribution in [-0.2, 0) is 6.54 Å². The summed E-state index contributed by atoms with van der Waals surface area (Å²) in [5.41, 5.74) is -0.453. The predicted molar refractivity (Wildman–Crippen MR) is 76.8 cm³/mol. The largest absolute Gasteiger partial charge is 0.494 e. The first-order chi connectivity index (χ1) is 9.15. The van der Waals surface area contributed by atoms with Crippen LogP contribution in [0.4, 0.5) is 0 Å². The minimum absolute atomic E-state index is 0.126. The first-order valence-corrected chi connectivity index (χ1v) is 7.15. The Hall–Kier alpha value is -1.95. The summed E-state index contributed by atoms with van der Waals surface area (Å²) in [5, 5.41) is 10.2. The van der Waals surface area contributed by atoms with Gasteiger partial charge in [0.05, 0.1) is 0 Å². The highest BCUT2D eigenvalue weighted by molar-refractivity contribution is 7.98. The van der Waals surface area contributed by atoms with E-state index < -0.39 is 11.2 Å². The monoisotopic (exact) mass is 278 g/mol. The van der Waals surface area contributed by atoms with E-state index in [9.17, 15) is 14.7 Å². The fourth-order valence-corrected chi connectivity index (χ4v) is 2.18. The van der Waals surface area contributed by atoms with Gasteiger partial charge in [0, 0.05) is 12.3 Å². The van der Waals surface area contributed by atoms with Crippen molar-refractivity contribution in [3.63, 3.8) is 0 Å². The molecule has 0 saturated carbocycles. The molecule has 100 valence electrons. The fraction of sp³-hybridized carbons (Fsp3) is 0.231. The number of rotatable bonds is 4. The van der Waals surface area contributed by atoms with E-state index in [1.165, 1.54) is 4.57 Å². The molecule has 0 fully saturated rings. The van der Waals surface area contributed by atoms with Gasteiger partial charge in [-0.3, -0.25) is 14.3 Å². The summed E-state index contributed by atoms with van der Waals surface area (Å²) in [6.45, 7) is 0.350. The number of aromatic nitrogens is 2. The third-order valence-corrected chi connectivity index (χ3v) is 3.34. The molecule has 0 bridgehead atoms. The number of aromatic hydroxyl groups is 1. The summed E-state index contributed by atoms with van der Waals surface area (Å²) >= 11 is 1.56. The van der Waals surface area contributed by atoms with Crippen molar-refractivity contribution in [2.24, 2.45) is 0 Å². The molecule has 0 aliphatic carbocycles. The van der Waals surface area contributed by atoms with Gasteiger partial charge in [-0.15, -0.1) is 0 Å². The first kappa shape index (κ1) is 13.5. The Balaban J connectivity index is 2.62. The maximum atomic E-state index is 11.9. The van der Waals surface area contributed by atoms with Crippen molar-refractivity contribution < 1.29 is 5.11 Å². The summed E-state index contributed by atoms with van der Waals surface area (Å²) in [6, 6.07) is 8.79. The van der Waals surface area contributed by atoms with Gasteiger partial charge in [0.1, 0.15) is 5.56 Å². The number of thioether (sulfide) groups is 1. The Labute approximate surface area is 113 Å². The molecule has 0 spiro atoms. The van der Waals surface area contributed by atoms with Gasteiger partial charge in [0.2, 0.25) is 5.88 Å². The summed E-state index contributed by atoms with van der Waals surface area (Å²) in [6.07, 6.45) is 1.91. The van der Waals surface area contributed by atoms with Gasteiger partial charge in [0.25, 0.3) is 5.56 Å².